The van der Waals surface area contributed by atoms with Gasteiger partial charge in [-0.3, -0.25) is 14.5 Å². The van der Waals surface area contributed by atoms with E-state index in [1.165, 1.54) is 4.90 Å². The van der Waals surface area contributed by atoms with Crippen LogP contribution in [0.5, 0.6) is 0 Å². The Balaban J connectivity index is 2.36. The first kappa shape index (κ1) is 15.7. The molecule has 0 fully saturated rings. The van der Waals surface area contributed by atoms with Gasteiger partial charge in [-0.05, 0) is 26.2 Å². The van der Waals surface area contributed by atoms with Crippen LogP contribution in [0.3, 0.4) is 0 Å². The van der Waals surface area contributed by atoms with Crippen molar-refractivity contribution in [3.8, 4) is 0 Å². The number of carboxylic acids is 2. The zero-order valence-corrected chi connectivity index (χ0v) is 11.2. The third-order valence-corrected chi connectivity index (χ3v) is 3.13. The maximum atomic E-state index is 10.6. The van der Waals surface area contributed by atoms with Crippen molar-refractivity contribution in [2.45, 2.75) is 31.8 Å². The molecule has 0 radical (unpaired) electrons. The highest BCUT2D eigenvalue weighted by Gasteiger charge is 2.25. The van der Waals surface area contributed by atoms with Crippen LogP contribution in [0.15, 0.2) is 12.2 Å². The first-order chi connectivity index (χ1) is 8.91. The fraction of sp³-hybridized carbons (Fsp3) is 0.692. The van der Waals surface area contributed by atoms with Crippen LogP contribution in [0.25, 0.3) is 0 Å². The van der Waals surface area contributed by atoms with Gasteiger partial charge in [0.05, 0.1) is 25.3 Å². The van der Waals surface area contributed by atoms with Gasteiger partial charge in [0.25, 0.3) is 0 Å². The largest absolute Gasteiger partial charge is 0.480 e. The molecule has 0 heterocycles. The van der Waals surface area contributed by atoms with Crippen molar-refractivity contribution >= 4 is 11.9 Å². The summed E-state index contributed by atoms with van der Waals surface area (Å²) in [5.41, 5.74) is -0.215. The second kappa shape index (κ2) is 7.25. The van der Waals surface area contributed by atoms with E-state index in [0.29, 0.717) is 13.2 Å². The topological polar surface area (TPSA) is 87.1 Å². The summed E-state index contributed by atoms with van der Waals surface area (Å²) in [6.07, 6.45) is 6.94. The molecule has 1 aliphatic carbocycles. The molecule has 0 aromatic carbocycles. The van der Waals surface area contributed by atoms with Gasteiger partial charge in [-0.2, -0.15) is 0 Å². The van der Waals surface area contributed by atoms with Gasteiger partial charge in [0, 0.05) is 6.54 Å². The summed E-state index contributed by atoms with van der Waals surface area (Å²) in [5, 5.41) is 17.4. The van der Waals surface area contributed by atoms with Crippen molar-refractivity contribution in [3.05, 3.63) is 12.2 Å². The Morgan fingerprint density at radius 2 is 1.89 bits per heavy atom. The monoisotopic (exact) mass is 271 g/mol. The molecule has 0 aliphatic heterocycles. The van der Waals surface area contributed by atoms with E-state index in [-0.39, 0.29) is 18.7 Å². The molecule has 1 unspecified atom stereocenters. The molecule has 6 heteroatoms. The van der Waals surface area contributed by atoms with Crippen molar-refractivity contribution in [1.82, 2.24) is 4.90 Å². The summed E-state index contributed by atoms with van der Waals surface area (Å²) in [6, 6.07) is 0. The molecule has 1 aliphatic rings. The summed E-state index contributed by atoms with van der Waals surface area (Å²) < 4.78 is 5.79. The Hall–Kier alpha value is -1.40. The molecule has 0 saturated heterocycles. The van der Waals surface area contributed by atoms with Crippen LogP contribution in [0.4, 0.5) is 0 Å². The average Bonchev–Trinajstić information content (AvgIpc) is 2.27. The maximum Gasteiger partial charge on any atom is 0.317 e. The average molecular weight is 271 g/mol. The molecular weight excluding hydrogens is 250 g/mol. The quantitative estimate of drug-likeness (QED) is 0.640. The maximum absolute atomic E-state index is 10.6. The Morgan fingerprint density at radius 1 is 1.26 bits per heavy atom. The summed E-state index contributed by atoms with van der Waals surface area (Å²) in [4.78, 5) is 22.6. The first-order valence-corrected chi connectivity index (χ1v) is 6.36. The smallest absolute Gasteiger partial charge is 0.317 e. The summed E-state index contributed by atoms with van der Waals surface area (Å²) >= 11 is 0. The van der Waals surface area contributed by atoms with Gasteiger partial charge in [0.1, 0.15) is 0 Å². The molecule has 0 spiro atoms. The van der Waals surface area contributed by atoms with E-state index < -0.39 is 11.9 Å². The zero-order chi connectivity index (χ0) is 14.3. The molecule has 0 amide bonds. The minimum Gasteiger partial charge on any atom is -0.480 e. The molecule has 108 valence electrons. The minimum atomic E-state index is -1.03. The lowest BCUT2D eigenvalue weighted by molar-refractivity contribution is -0.142. The first-order valence-electron chi connectivity index (χ1n) is 6.36. The summed E-state index contributed by atoms with van der Waals surface area (Å²) in [6.45, 7) is 2.09. The molecular formula is C13H21NO5. The molecule has 1 rings (SSSR count). The third-order valence-electron chi connectivity index (χ3n) is 3.13. The van der Waals surface area contributed by atoms with Crippen molar-refractivity contribution in [2.24, 2.45) is 0 Å². The molecule has 1 atom stereocenters. The normalized spacial score (nSPS) is 22.6. The molecule has 0 aromatic rings. The van der Waals surface area contributed by atoms with Gasteiger partial charge >= 0.3 is 11.9 Å². The van der Waals surface area contributed by atoms with Crippen LogP contribution in [0, 0.1) is 0 Å². The van der Waals surface area contributed by atoms with E-state index in [0.717, 1.165) is 19.3 Å². The van der Waals surface area contributed by atoms with E-state index in [1.807, 2.05) is 6.92 Å². The lowest BCUT2D eigenvalue weighted by atomic mass is 9.91. The lowest BCUT2D eigenvalue weighted by Crippen LogP contribution is -2.39. The van der Waals surface area contributed by atoms with Crippen molar-refractivity contribution in [3.63, 3.8) is 0 Å². The number of ether oxygens (including phenoxy) is 1. The number of aliphatic carboxylic acids is 2. The fourth-order valence-electron chi connectivity index (χ4n) is 2.09. The molecule has 0 bridgehead atoms. The molecule has 0 aromatic heterocycles. The second-order valence-electron chi connectivity index (χ2n) is 5.01. The third kappa shape index (κ3) is 6.35. The van der Waals surface area contributed by atoms with Gasteiger partial charge in [-0.25, -0.2) is 0 Å². The highest BCUT2D eigenvalue weighted by atomic mass is 16.5. The van der Waals surface area contributed by atoms with Crippen LogP contribution in [-0.2, 0) is 14.3 Å². The fourth-order valence-corrected chi connectivity index (χ4v) is 2.09. The molecule has 0 saturated carbocycles. The Morgan fingerprint density at radius 3 is 2.37 bits per heavy atom. The van der Waals surface area contributed by atoms with Crippen LogP contribution in [0.1, 0.15) is 26.2 Å². The van der Waals surface area contributed by atoms with Gasteiger partial charge < -0.3 is 14.9 Å². The van der Waals surface area contributed by atoms with Crippen LogP contribution < -0.4 is 0 Å². The van der Waals surface area contributed by atoms with E-state index in [4.69, 9.17) is 14.9 Å². The van der Waals surface area contributed by atoms with Crippen LogP contribution in [0.2, 0.25) is 0 Å². The number of rotatable bonds is 8. The van der Waals surface area contributed by atoms with E-state index in [2.05, 4.69) is 12.2 Å². The predicted octanol–water partition coefficient (Wildman–Crippen LogP) is 0.973. The SMILES string of the molecule is CC1(OCCN(CC(=O)O)CC(=O)O)CC=CCC1. The van der Waals surface area contributed by atoms with Crippen LogP contribution in [-0.4, -0.2) is 58.9 Å². The zero-order valence-electron chi connectivity index (χ0n) is 11.2. The number of carboxylic acid groups (broad SMARTS) is 2. The number of nitrogens with zero attached hydrogens (tertiary/aromatic N) is 1. The van der Waals surface area contributed by atoms with Gasteiger partial charge in [0.2, 0.25) is 0 Å². The molecule has 6 nitrogen and oxygen atoms in total. The highest BCUT2D eigenvalue weighted by Crippen LogP contribution is 2.26. The lowest BCUT2D eigenvalue weighted by Gasteiger charge is -2.32. The number of hydrogen-bond donors (Lipinski definition) is 2. The van der Waals surface area contributed by atoms with E-state index in [9.17, 15) is 9.59 Å². The van der Waals surface area contributed by atoms with Crippen molar-refractivity contribution in [1.29, 1.82) is 0 Å². The van der Waals surface area contributed by atoms with E-state index >= 15 is 0 Å². The second-order valence-corrected chi connectivity index (χ2v) is 5.01. The van der Waals surface area contributed by atoms with Crippen molar-refractivity contribution < 1.29 is 24.5 Å². The Labute approximate surface area is 112 Å². The minimum absolute atomic E-state index is 0.215. The summed E-state index contributed by atoms with van der Waals surface area (Å²) in [7, 11) is 0. The summed E-state index contributed by atoms with van der Waals surface area (Å²) in [5.74, 6) is -2.07. The highest BCUT2D eigenvalue weighted by molar-refractivity contribution is 5.72. The number of carbonyl (C=O) groups is 2. The number of allylic oxidation sites excluding steroid dienone is 1. The van der Waals surface area contributed by atoms with Gasteiger partial charge in [-0.1, -0.05) is 12.2 Å². The molecule has 19 heavy (non-hydrogen) atoms. The predicted molar refractivity (Wildman–Crippen MR) is 69.1 cm³/mol. The van der Waals surface area contributed by atoms with E-state index in [1.54, 1.807) is 0 Å². The van der Waals surface area contributed by atoms with Crippen molar-refractivity contribution in [2.75, 3.05) is 26.2 Å². The van der Waals surface area contributed by atoms with Crippen LogP contribution >= 0.6 is 0 Å². The Kier molecular flexibility index (Phi) is 5.98. The standard InChI is InChI=1S/C13H21NO5/c1-13(5-3-2-4-6-13)19-8-7-14(9-11(15)16)10-12(17)18/h2-3H,4-10H2,1H3,(H,15,16)(H,17,18). The number of hydrogen-bond acceptors (Lipinski definition) is 4. The van der Waals surface area contributed by atoms with Gasteiger partial charge in [0.15, 0.2) is 0 Å². The molecule has 2 N–H and O–H groups in total. The Bertz CT molecular complexity index is 339. The van der Waals surface area contributed by atoms with Gasteiger partial charge in [-0.15, -0.1) is 0 Å².